The van der Waals surface area contributed by atoms with Crippen LogP contribution in [0, 0.1) is 0 Å². The standard InChI is InChI=1S/C32H62O9/c33-25-17-9-7-12-20-28(36)27(35)19-11-3-1-6-16-24-32(40)41-30(29(37)21-13-8-10-18-26-34)22-14-4-2-5-15-23-31(38)39/h27-30,33-37H,1-26H2,(H,38,39). The van der Waals surface area contributed by atoms with E-state index in [2.05, 4.69) is 0 Å². The van der Waals surface area contributed by atoms with Gasteiger partial charge < -0.3 is 35.4 Å². The zero-order valence-corrected chi connectivity index (χ0v) is 25.6. The predicted octanol–water partition coefficient (Wildman–Crippen LogP) is 5.41. The number of carboxylic acid groups (broad SMARTS) is 1. The maximum absolute atomic E-state index is 12.5. The Bertz CT molecular complexity index is 602. The smallest absolute Gasteiger partial charge is 0.306 e. The van der Waals surface area contributed by atoms with E-state index in [0.717, 1.165) is 103 Å². The molecule has 0 aliphatic rings. The van der Waals surface area contributed by atoms with Crippen LogP contribution in [0.2, 0.25) is 0 Å². The number of carbonyl (C=O) groups is 2. The van der Waals surface area contributed by atoms with Crippen LogP contribution in [0.5, 0.6) is 0 Å². The van der Waals surface area contributed by atoms with Crippen molar-refractivity contribution in [3.8, 4) is 0 Å². The summed E-state index contributed by atoms with van der Waals surface area (Å²) in [7, 11) is 0. The summed E-state index contributed by atoms with van der Waals surface area (Å²) in [4.78, 5) is 23.1. The summed E-state index contributed by atoms with van der Waals surface area (Å²) in [6.45, 7) is 0.372. The molecule has 9 heteroatoms. The molecule has 0 heterocycles. The molecule has 0 aliphatic heterocycles. The molecular weight excluding hydrogens is 528 g/mol. The maximum Gasteiger partial charge on any atom is 0.306 e. The summed E-state index contributed by atoms with van der Waals surface area (Å²) >= 11 is 0. The summed E-state index contributed by atoms with van der Waals surface area (Å²) in [5.74, 6) is -1.06. The Morgan fingerprint density at radius 2 is 0.829 bits per heavy atom. The zero-order valence-electron chi connectivity index (χ0n) is 25.6. The summed E-state index contributed by atoms with van der Waals surface area (Å²) < 4.78 is 5.71. The van der Waals surface area contributed by atoms with E-state index >= 15 is 0 Å². The number of aliphatic hydroxyl groups is 5. The first-order valence-electron chi connectivity index (χ1n) is 16.5. The van der Waals surface area contributed by atoms with Crippen LogP contribution < -0.4 is 0 Å². The molecule has 0 saturated carbocycles. The summed E-state index contributed by atoms with van der Waals surface area (Å²) in [6, 6.07) is 0. The number of aliphatic hydroxyl groups excluding tert-OH is 5. The van der Waals surface area contributed by atoms with Crippen molar-refractivity contribution >= 4 is 11.9 Å². The number of hydrogen-bond donors (Lipinski definition) is 6. The first kappa shape index (κ1) is 39.7. The van der Waals surface area contributed by atoms with E-state index in [1.165, 1.54) is 0 Å². The number of ether oxygens (including phenoxy) is 1. The number of unbranched alkanes of at least 4 members (excludes halogenated alkanes) is 14. The predicted molar refractivity (Wildman–Crippen MR) is 161 cm³/mol. The first-order chi connectivity index (χ1) is 19.8. The van der Waals surface area contributed by atoms with Crippen molar-refractivity contribution in [2.45, 2.75) is 179 Å². The fourth-order valence-corrected chi connectivity index (χ4v) is 5.07. The molecule has 0 aromatic rings. The lowest BCUT2D eigenvalue weighted by molar-refractivity contribution is -0.156. The lowest BCUT2D eigenvalue weighted by Crippen LogP contribution is -2.31. The molecule has 4 atom stereocenters. The van der Waals surface area contributed by atoms with Crippen molar-refractivity contribution in [1.29, 1.82) is 0 Å². The number of rotatable bonds is 31. The molecule has 0 aromatic heterocycles. The van der Waals surface area contributed by atoms with Gasteiger partial charge in [0.1, 0.15) is 6.10 Å². The van der Waals surface area contributed by atoms with E-state index in [1.807, 2.05) is 0 Å². The second kappa shape index (κ2) is 28.8. The Labute approximate surface area is 248 Å². The minimum atomic E-state index is -0.773. The lowest BCUT2D eigenvalue weighted by atomic mass is 9.99. The number of esters is 1. The van der Waals surface area contributed by atoms with Gasteiger partial charge in [-0.3, -0.25) is 9.59 Å². The summed E-state index contributed by atoms with van der Waals surface area (Å²) in [5, 5.41) is 57.4. The molecule has 0 aliphatic carbocycles. The molecular formula is C32H62O9. The topological polar surface area (TPSA) is 165 Å². The monoisotopic (exact) mass is 590 g/mol. The minimum absolute atomic E-state index is 0.174. The molecule has 0 bridgehead atoms. The molecule has 0 radical (unpaired) electrons. The van der Waals surface area contributed by atoms with E-state index in [9.17, 15) is 24.9 Å². The van der Waals surface area contributed by atoms with Crippen LogP contribution in [0.15, 0.2) is 0 Å². The van der Waals surface area contributed by atoms with Crippen LogP contribution >= 0.6 is 0 Å². The van der Waals surface area contributed by atoms with Crippen molar-refractivity contribution < 1.29 is 45.0 Å². The van der Waals surface area contributed by atoms with Gasteiger partial charge in [0, 0.05) is 26.1 Å². The van der Waals surface area contributed by atoms with Gasteiger partial charge in [0.15, 0.2) is 0 Å². The molecule has 0 aromatic carbocycles. The van der Waals surface area contributed by atoms with Gasteiger partial charge in [-0.25, -0.2) is 0 Å². The second-order valence-electron chi connectivity index (χ2n) is 11.6. The van der Waals surface area contributed by atoms with Crippen LogP contribution in [-0.4, -0.2) is 80.2 Å². The van der Waals surface area contributed by atoms with Gasteiger partial charge in [-0.05, 0) is 57.8 Å². The molecule has 0 amide bonds. The molecule has 9 nitrogen and oxygen atoms in total. The van der Waals surface area contributed by atoms with Crippen LogP contribution in [0.4, 0.5) is 0 Å². The molecule has 244 valence electrons. The molecule has 0 spiro atoms. The van der Waals surface area contributed by atoms with Crippen molar-refractivity contribution in [3.05, 3.63) is 0 Å². The quantitative estimate of drug-likeness (QED) is 0.0457. The van der Waals surface area contributed by atoms with Crippen LogP contribution in [0.3, 0.4) is 0 Å². The number of aliphatic carboxylic acids is 1. The molecule has 41 heavy (non-hydrogen) atoms. The maximum atomic E-state index is 12.5. The largest absolute Gasteiger partial charge is 0.481 e. The highest BCUT2D eigenvalue weighted by atomic mass is 16.6. The zero-order chi connectivity index (χ0) is 30.6. The van der Waals surface area contributed by atoms with E-state index in [-0.39, 0.29) is 25.6 Å². The van der Waals surface area contributed by atoms with E-state index in [1.54, 1.807) is 0 Å². The third-order valence-electron chi connectivity index (χ3n) is 7.73. The fraction of sp³-hybridized carbons (Fsp3) is 0.938. The van der Waals surface area contributed by atoms with Gasteiger partial charge in [-0.2, -0.15) is 0 Å². The Balaban J connectivity index is 4.19. The Morgan fingerprint density at radius 1 is 0.463 bits per heavy atom. The molecule has 0 fully saturated rings. The lowest BCUT2D eigenvalue weighted by Gasteiger charge is -2.23. The first-order valence-corrected chi connectivity index (χ1v) is 16.5. The summed E-state index contributed by atoms with van der Waals surface area (Å²) in [5.41, 5.74) is 0. The van der Waals surface area contributed by atoms with Crippen LogP contribution in [0.25, 0.3) is 0 Å². The van der Waals surface area contributed by atoms with Crippen molar-refractivity contribution in [2.75, 3.05) is 13.2 Å². The van der Waals surface area contributed by atoms with Crippen LogP contribution in [0.1, 0.15) is 154 Å². The van der Waals surface area contributed by atoms with E-state index < -0.39 is 30.4 Å². The Morgan fingerprint density at radius 3 is 1.29 bits per heavy atom. The van der Waals surface area contributed by atoms with Crippen molar-refractivity contribution in [3.63, 3.8) is 0 Å². The molecule has 4 unspecified atom stereocenters. The Hall–Kier alpha value is -1.26. The number of carboxylic acids is 1. The summed E-state index contributed by atoms with van der Waals surface area (Å²) in [6.07, 6.45) is 15.6. The van der Waals surface area contributed by atoms with Gasteiger partial charge in [-0.15, -0.1) is 0 Å². The van der Waals surface area contributed by atoms with Gasteiger partial charge in [0.25, 0.3) is 0 Å². The van der Waals surface area contributed by atoms with E-state index in [4.69, 9.17) is 20.1 Å². The van der Waals surface area contributed by atoms with Crippen molar-refractivity contribution in [1.82, 2.24) is 0 Å². The molecule has 0 saturated heterocycles. The normalized spacial score (nSPS) is 14.5. The molecule has 0 rings (SSSR count). The third-order valence-corrected chi connectivity index (χ3v) is 7.73. The van der Waals surface area contributed by atoms with Crippen LogP contribution in [-0.2, 0) is 14.3 Å². The minimum Gasteiger partial charge on any atom is -0.481 e. The average molecular weight is 591 g/mol. The van der Waals surface area contributed by atoms with Gasteiger partial charge in [-0.1, -0.05) is 83.5 Å². The van der Waals surface area contributed by atoms with Gasteiger partial charge in [0.2, 0.25) is 0 Å². The molecule has 6 N–H and O–H groups in total. The highest BCUT2D eigenvalue weighted by Crippen LogP contribution is 2.19. The highest BCUT2D eigenvalue weighted by Gasteiger charge is 2.23. The van der Waals surface area contributed by atoms with Gasteiger partial charge in [0.05, 0.1) is 18.3 Å². The highest BCUT2D eigenvalue weighted by molar-refractivity contribution is 5.69. The van der Waals surface area contributed by atoms with Crippen molar-refractivity contribution in [2.24, 2.45) is 0 Å². The third kappa shape index (κ3) is 26.1. The Kier molecular flexibility index (Phi) is 28.0. The SMILES string of the molecule is O=C(O)CCCCCCCC(OC(=O)CCCCCCCC(O)C(O)CCCCCCO)C(O)CCCCCCO. The number of hydrogen-bond acceptors (Lipinski definition) is 8. The van der Waals surface area contributed by atoms with Gasteiger partial charge >= 0.3 is 11.9 Å². The second-order valence-corrected chi connectivity index (χ2v) is 11.6. The number of carbonyl (C=O) groups excluding carboxylic acids is 1. The average Bonchev–Trinajstić information content (AvgIpc) is 2.94. The van der Waals surface area contributed by atoms with E-state index in [0.29, 0.717) is 44.9 Å². The fourth-order valence-electron chi connectivity index (χ4n) is 5.07.